The highest BCUT2D eigenvalue weighted by Crippen LogP contribution is 2.31. The SMILES string of the molecule is CCC[C@@H]1C[C@@H]2CCCC(=O)N2O1. The van der Waals surface area contributed by atoms with Gasteiger partial charge in [-0.25, -0.2) is 5.06 Å². The number of nitrogens with zero attached hydrogens (tertiary/aromatic N) is 1. The third-order valence-electron chi connectivity index (χ3n) is 2.91. The van der Waals surface area contributed by atoms with Crippen LogP contribution in [-0.4, -0.2) is 23.1 Å². The van der Waals surface area contributed by atoms with Gasteiger partial charge in [0.25, 0.3) is 0 Å². The Balaban J connectivity index is 1.96. The number of piperidine rings is 1. The minimum absolute atomic E-state index is 0.190. The van der Waals surface area contributed by atoms with Crippen LogP contribution in [-0.2, 0) is 9.63 Å². The number of rotatable bonds is 2. The fraction of sp³-hybridized carbons (Fsp3) is 0.900. The summed E-state index contributed by atoms with van der Waals surface area (Å²) >= 11 is 0. The Hall–Kier alpha value is -0.570. The van der Waals surface area contributed by atoms with Crippen LogP contribution in [0.4, 0.5) is 0 Å². The molecular weight excluding hydrogens is 166 g/mol. The second kappa shape index (κ2) is 3.66. The maximum atomic E-state index is 11.4. The molecule has 0 bridgehead atoms. The van der Waals surface area contributed by atoms with Crippen molar-refractivity contribution in [1.29, 1.82) is 0 Å². The first-order valence-corrected chi connectivity index (χ1v) is 5.30. The standard InChI is InChI=1S/C10H17NO2/c1-2-4-9-7-8-5-3-6-10(12)11(8)13-9/h8-9H,2-7H2,1H3/t8-,9+/m0/s1. The molecule has 2 aliphatic rings. The summed E-state index contributed by atoms with van der Waals surface area (Å²) in [5.41, 5.74) is 0. The lowest BCUT2D eigenvalue weighted by Crippen LogP contribution is -2.37. The van der Waals surface area contributed by atoms with Crippen molar-refractivity contribution in [2.24, 2.45) is 0 Å². The second-order valence-electron chi connectivity index (χ2n) is 4.02. The van der Waals surface area contributed by atoms with Gasteiger partial charge in [-0.1, -0.05) is 13.3 Å². The van der Waals surface area contributed by atoms with E-state index in [-0.39, 0.29) is 5.91 Å². The highest BCUT2D eigenvalue weighted by Gasteiger charge is 2.38. The van der Waals surface area contributed by atoms with Crippen molar-refractivity contribution in [3.63, 3.8) is 0 Å². The zero-order valence-electron chi connectivity index (χ0n) is 8.16. The van der Waals surface area contributed by atoms with E-state index in [0.29, 0.717) is 18.6 Å². The van der Waals surface area contributed by atoms with Crippen LogP contribution in [0.25, 0.3) is 0 Å². The van der Waals surface area contributed by atoms with Gasteiger partial charge in [-0.05, 0) is 25.7 Å². The second-order valence-corrected chi connectivity index (χ2v) is 4.02. The van der Waals surface area contributed by atoms with Crippen LogP contribution < -0.4 is 0 Å². The number of hydrogen-bond donors (Lipinski definition) is 0. The van der Waals surface area contributed by atoms with Crippen LogP contribution in [0.1, 0.15) is 45.4 Å². The van der Waals surface area contributed by atoms with Crippen molar-refractivity contribution in [3.8, 4) is 0 Å². The Morgan fingerprint density at radius 1 is 1.62 bits per heavy atom. The van der Waals surface area contributed by atoms with E-state index in [1.165, 1.54) is 0 Å². The molecule has 2 heterocycles. The Morgan fingerprint density at radius 3 is 3.15 bits per heavy atom. The van der Waals surface area contributed by atoms with Gasteiger partial charge in [-0.15, -0.1) is 0 Å². The molecule has 0 N–H and O–H groups in total. The summed E-state index contributed by atoms with van der Waals surface area (Å²) in [4.78, 5) is 17.0. The topological polar surface area (TPSA) is 29.5 Å². The van der Waals surface area contributed by atoms with E-state index in [2.05, 4.69) is 6.92 Å². The summed E-state index contributed by atoms with van der Waals surface area (Å²) in [6.45, 7) is 2.16. The summed E-state index contributed by atoms with van der Waals surface area (Å²) < 4.78 is 0. The molecule has 3 heteroatoms. The van der Waals surface area contributed by atoms with E-state index < -0.39 is 0 Å². The van der Waals surface area contributed by atoms with E-state index in [9.17, 15) is 4.79 Å². The molecule has 0 aromatic heterocycles. The summed E-state index contributed by atoms with van der Waals surface area (Å²) in [7, 11) is 0. The highest BCUT2D eigenvalue weighted by molar-refractivity contribution is 5.76. The summed E-state index contributed by atoms with van der Waals surface area (Å²) in [5.74, 6) is 0.190. The van der Waals surface area contributed by atoms with Crippen molar-refractivity contribution in [2.45, 2.75) is 57.6 Å². The monoisotopic (exact) mass is 183 g/mol. The highest BCUT2D eigenvalue weighted by atomic mass is 16.7. The van der Waals surface area contributed by atoms with Gasteiger partial charge >= 0.3 is 0 Å². The average Bonchev–Trinajstić information content (AvgIpc) is 2.49. The normalized spacial score (nSPS) is 33.6. The summed E-state index contributed by atoms with van der Waals surface area (Å²) in [5, 5.41) is 1.64. The number of fused-ring (bicyclic) bond motifs is 1. The first-order chi connectivity index (χ1) is 6.31. The minimum atomic E-state index is 0.190. The zero-order valence-corrected chi connectivity index (χ0v) is 8.16. The van der Waals surface area contributed by atoms with E-state index in [1.54, 1.807) is 5.06 Å². The summed E-state index contributed by atoms with van der Waals surface area (Å²) in [6, 6.07) is 0.387. The average molecular weight is 183 g/mol. The fourth-order valence-electron chi connectivity index (χ4n) is 2.28. The van der Waals surface area contributed by atoms with Gasteiger partial charge in [0.1, 0.15) is 0 Å². The number of hydroxylamine groups is 2. The molecule has 0 aromatic rings. The molecule has 0 aromatic carbocycles. The zero-order chi connectivity index (χ0) is 9.26. The van der Waals surface area contributed by atoms with Crippen molar-refractivity contribution in [3.05, 3.63) is 0 Å². The molecule has 0 spiro atoms. The quantitative estimate of drug-likeness (QED) is 0.654. The Bertz CT molecular complexity index is 205. The number of carbonyl (C=O) groups excluding carboxylic acids is 1. The van der Waals surface area contributed by atoms with Gasteiger partial charge in [0.2, 0.25) is 5.91 Å². The molecule has 2 aliphatic heterocycles. The smallest absolute Gasteiger partial charge is 0.246 e. The first kappa shape index (κ1) is 9.00. The first-order valence-electron chi connectivity index (χ1n) is 5.30. The van der Waals surface area contributed by atoms with E-state index >= 15 is 0 Å². The van der Waals surface area contributed by atoms with Gasteiger partial charge in [-0.3, -0.25) is 9.63 Å². The number of carbonyl (C=O) groups is 1. The van der Waals surface area contributed by atoms with Gasteiger partial charge in [-0.2, -0.15) is 0 Å². The van der Waals surface area contributed by atoms with Crippen LogP contribution in [0.2, 0.25) is 0 Å². The number of amides is 1. The predicted octanol–water partition coefficient (Wildman–Crippen LogP) is 1.87. The Kier molecular flexibility index (Phi) is 2.54. The third kappa shape index (κ3) is 1.70. The van der Waals surface area contributed by atoms with Gasteiger partial charge in [0, 0.05) is 6.42 Å². The van der Waals surface area contributed by atoms with Crippen molar-refractivity contribution in [2.75, 3.05) is 0 Å². The van der Waals surface area contributed by atoms with Crippen molar-refractivity contribution >= 4 is 5.91 Å². The molecule has 3 nitrogen and oxygen atoms in total. The molecule has 2 atom stereocenters. The lowest BCUT2D eigenvalue weighted by Gasteiger charge is -2.26. The van der Waals surface area contributed by atoms with E-state index in [0.717, 1.165) is 32.1 Å². The van der Waals surface area contributed by atoms with E-state index in [1.807, 2.05) is 0 Å². The fourth-order valence-corrected chi connectivity index (χ4v) is 2.28. The molecule has 0 radical (unpaired) electrons. The molecule has 0 saturated carbocycles. The molecule has 13 heavy (non-hydrogen) atoms. The molecule has 2 fully saturated rings. The van der Waals surface area contributed by atoms with Crippen molar-refractivity contribution < 1.29 is 9.63 Å². The van der Waals surface area contributed by atoms with Crippen LogP contribution in [0.5, 0.6) is 0 Å². The number of hydrogen-bond acceptors (Lipinski definition) is 2. The lowest BCUT2D eigenvalue weighted by molar-refractivity contribution is -0.193. The molecule has 0 unspecified atom stereocenters. The molecule has 1 amide bonds. The Morgan fingerprint density at radius 2 is 2.46 bits per heavy atom. The van der Waals surface area contributed by atoms with Gasteiger partial charge in [0.15, 0.2) is 0 Å². The summed E-state index contributed by atoms with van der Waals surface area (Å²) in [6.07, 6.45) is 6.43. The van der Waals surface area contributed by atoms with Crippen LogP contribution in [0, 0.1) is 0 Å². The largest absolute Gasteiger partial charge is 0.273 e. The predicted molar refractivity (Wildman–Crippen MR) is 48.9 cm³/mol. The minimum Gasteiger partial charge on any atom is -0.273 e. The molecular formula is C10H17NO2. The maximum absolute atomic E-state index is 11.4. The maximum Gasteiger partial charge on any atom is 0.246 e. The molecule has 2 rings (SSSR count). The lowest BCUT2D eigenvalue weighted by atomic mass is 9.99. The molecule has 0 aliphatic carbocycles. The van der Waals surface area contributed by atoms with Crippen LogP contribution in [0.15, 0.2) is 0 Å². The van der Waals surface area contributed by atoms with Gasteiger partial charge in [0.05, 0.1) is 12.1 Å². The van der Waals surface area contributed by atoms with Crippen LogP contribution in [0.3, 0.4) is 0 Å². The molecule has 74 valence electrons. The van der Waals surface area contributed by atoms with Crippen LogP contribution >= 0.6 is 0 Å². The third-order valence-corrected chi connectivity index (χ3v) is 2.91. The van der Waals surface area contributed by atoms with E-state index in [4.69, 9.17) is 4.84 Å². The van der Waals surface area contributed by atoms with Crippen molar-refractivity contribution in [1.82, 2.24) is 5.06 Å². The molecule has 2 saturated heterocycles. The Labute approximate surface area is 79.0 Å². The van der Waals surface area contributed by atoms with Gasteiger partial charge < -0.3 is 0 Å².